The molecule has 3 heterocycles. The van der Waals surface area contributed by atoms with E-state index in [2.05, 4.69) is 35.3 Å². The number of nitrogens with zero attached hydrogens (tertiary/aromatic N) is 3. The zero-order chi connectivity index (χ0) is 17.0. The van der Waals surface area contributed by atoms with Crippen molar-refractivity contribution in [1.29, 1.82) is 0 Å². The van der Waals surface area contributed by atoms with Gasteiger partial charge >= 0.3 is 0 Å². The van der Waals surface area contributed by atoms with Crippen LogP contribution in [0.25, 0.3) is 10.2 Å². The number of nitrogen functional groups attached to an aromatic ring is 1. The van der Waals surface area contributed by atoms with Crippen molar-refractivity contribution in [2.75, 3.05) is 5.73 Å². The van der Waals surface area contributed by atoms with Crippen LogP contribution in [0.2, 0.25) is 0 Å². The van der Waals surface area contributed by atoms with Crippen LogP contribution in [0.4, 0.5) is 5.69 Å². The number of carbonyl (C=O) groups excluding carboxylic acids is 1. The molecule has 0 fully saturated rings. The minimum atomic E-state index is -0.0265. The molecule has 0 aliphatic carbocycles. The summed E-state index contributed by atoms with van der Waals surface area (Å²) in [5.74, 6) is -0.0265. The van der Waals surface area contributed by atoms with Crippen molar-refractivity contribution >= 4 is 33.1 Å². The lowest BCUT2D eigenvalue weighted by molar-refractivity contribution is 0.0757. The maximum absolute atomic E-state index is 13.0. The number of benzene rings is 1. The van der Waals surface area contributed by atoms with Crippen LogP contribution in [0.3, 0.4) is 0 Å². The van der Waals surface area contributed by atoms with E-state index in [1.165, 1.54) is 28.0 Å². The number of amides is 1. The molecule has 2 aromatic heterocycles. The Morgan fingerprint density at radius 1 is 1.17 bits per heavy atom. The molecule has 2 N–H and O–H groups in total. The van der Waals surface area contributed by atoms with Gasteiger partial charge in [0.05, 0.1) is 11.4 Å². The van der Waals surface area contributed by atoms with E-state index in [1.54, 1.807) is 0 Å². The van der Waals surface area contributed by atoms with Crippen LogP contribution in [0.15, 0.2) is 18.2 Å². The normalized spacial score (nSPS) is 13.5. The smallest absolute Gasteiger partial charge is 0.266 e. The minimum absolute atomic E-state index is 0.0265. The van der Waals surface area contributed by atoms with Crippen molar-refractivity contribution in [1.82, 2.24) is 15.1 Å². The standard InChI is InChI=1S/C18H18N4OS/c1-9-4-5-12-7-22(8-13(12)6-9)18(23)16-15(19)14-10(2)11(3)20-21-17(14)24-16/h4-6H,7-8,19H2,1-3H3. The Hall–Kier alpha value is -2.47. The van der Waals surface area contributed by atoms with Crippen LogP contribution >= 0.6 is 11.3 Å². The number of anilines is 1. The summed E-state index contributed by atoms with van der Waals surface area (Å²) in [5, 5.41) is 9.21. The average Bonchev–Trinajstić information content (AvgIpc) is 3.11. The van der Waals surface area contributed by atoms with Gasteiger partial charge in [0.25, 0.3) is 5.91 Å². The molecule has 0 bridgehead atoms. The highest BCUT2D eigenvalue weighted by Gasteiger charge is 2.28. The third-order valence-corrected chi connectivity index (χ3v) is 5.78. The van der Waals surface area contributed by atoms with Gasteiger partial charge in [0, 0.05) is 18.5 Å². The first kappa shape index (κ1) is 15.1. The van der Waals surface area contributed by atoms with Crippen molar-refractivity contribution in [3.8, 4) is 0 Å². The first-order chi connectivity index (χ1) is 11.5. The Balaban J connectivity index is 1.73. The first-order valence-corrected chi connectivity index (χ1v) is 8.67. The van der Waals surface area contributed by atoms with Crippen LogP contribution in [0, 0.1) is 20.8 Å². The fraction of sp³-hybridized carbons (Fsp3) is 0.278. The summed E-state index contributed by atoms with van der Waals surface area (Å²) in [7, 11) is 0. The van der Waals surface area contributed by atoms with Crippen LogP contribution in [0.5, 0.6) is 0 Å². The molecule has 0 atom stereocenters. The monoisotopic (exact) mass is 338 g/mol. The summed E-state index contributed by atoms with van der Waals surface area (Å²) in [5.41, 5.74) is 12.3. The van der Waals surface area contributed by atoms with Crippen molar-refractivity contribution in [3.63, 3.8) is 0 Å². The Morgan fingerprint density at radius 3 is 2.71 bits per heavy atom. The highest BCUT2D eigenvalue weighted by Crippen LogP contribution is 2.37. The van der Waals surface area contributed by atoms with Crippen molar-refractivity contribution < 1.29 is 4.79 Å². The molecule has 3 aromatic rings. The first-order valence-electron chi connectivity index (χ1n) is 7.85. The molecule has 0 saturated heterocycles. The zero-order valence-corrected chi connectivity index (χ0v) is 14.7. The number of hydrogen-bond donors (Lipinski definition) is 1. The molecule has 1 aliphatic heterocycles. The number of fused-ring (bicyclic) bond motifs is 2. The summed E-state index contributed by atoms with van der Waals surface area (Å²) in [6.07, 6.45) is 0. The van der Waals surface area contributed by atoms with E-state index >= 15 is 0 Å². The number of thiophene rings is 1. The molecule has 0 spiro atoms. The fourth-order valence-electron chi connectivity index (χ4n) is 3.21. The van der Waals surface area contributed by atoms with Crippen LogP contribution in [0.1, 0.15) is 37.6 Å². The van der Waals surface area contributed by atoms with Gasteiger partial charge in [0.15, 0.2) is 0 Å². The second-order valence-corrected chi connectivity index (χ2v) is 7.37. The molecular weight excluding hydrogens is 320 g/mol. The number of carbonyl (C=O) groups is 1. The SMILES string of the molecule is Cc1ccc2c(c1)CN(C(=O)c1sc3nnc(C)c(C)c3c1N)C2. The van der Waals surface area contributed by atoms with Crippen LogP contribution in [-0.4, -0.2) is 21.0 Å². The predicted molar refractivity (Wildman–Crippen MR) is 96.1 cm³/mol. The highest BCUT2D eigenvalue weighted by molar-refractivity contribution is 7.21. The van der Waals surface area contributed by atoms with Crippen molar-refractivity contribution in [2.24, 2.45) is 0 Å². The summed E-state index contributed by atoms with van der Waals surface area (Å²) in [4.78, 5) is 16.1. The lowest BCUT2D eigenvalue weighted by Crippen LogP contribution is -2.25. The maximum atomic E-state index is 13.0. The Kier molecular flexibility index (Phi) is 3.31. The van der Waals surface area contributed by atoms with Gasteiger partial charge in [-0.05, 0) is 37.5 Å². The molecular formula is C18H18N4OS. The van der Waals surface area contributed by atoms with Gasteiger partial charge in [-0.25, -0.2) is 0 Å². The molecule has 1 aliphatic rings. The Morgan fingerprint density at radius 2 is 1.92 bits per heavy atom. The van der Waals surface area contributed by atoms with Gasteiger partial charge in [-0.3, -0.25) is 4.79 Å². The minimum Gasteiger partial charge on any atom is -0.397 e. The van der Waals surface area contributed by atoms with E-state index < -0.39 is 0 Å². The van der Waals surface area contributed by atoms with Crippen molar-refractivity contribution in [2.45, 2.75) is 33.9 Å². The lowest BCUT2D eigenvalue weighted by Gasteiger charge is -2.14. The quantitative estimate of drug-likeness (QED) is 0.738. The Labute approximate surface area is 144 Å². The zero-order valence-electron chi connectivity index (χ0n) is 13.9. The van der Waals surface area contributed by atoms with E-state index in [9.17, 15) is 4.79 Å². The van der Waals surface area contributed by atoms with E-state index in [4.69, 9.17) is 5.73 Å². The third kappa shape index (κ3) is 2.17. The summed E-state index contributed by atoms with van der Waals surface area (Å²) in [6.45, 7) is 7.20. The largest absolute Gasteiger partial charge is 0.397 e. The van der Waals surface area contributed by atoms with Gasteiger partial charge in [-0.2, -0.15) is 5.10 Å². The highest BCUT2D eigenvalue weighted by atomic mass is 32.1. The topological polar surface area (TPSA) is 72.1 Å². The Bertz CT molecular complexity index is 992. The van der Waals surface area contributed by atoms with Gasteiger partial charge in [0.1, 0.15) is 9.71 Å². The second kappa shape index (κ2) is 5.27. The van der Waals surface area contributed by atoms with Gasteiger partial charge in [-0.1, -0.05) is 23.8 Å². The summed E-state index contributed by atoms with van der Waals surface area (Å²) in [6, 6.07) is 6.34. The number of nitrogens with two attached hydrogens (primary N) is 1. The van der Waals surface area contributed by atoms with Crippen LogP contribution < -0.4 is 5.73 Å². The fourth-order valence-corrected chi connectivity index (χ4v) is 4.28. The molecule has 24 heavy (non-hydrogen) atoms. The van der Waals surface area contributed by atoms with Crippen molar-refractivity contribution in [3.05, 3.63) is 51.0 Å². The molecule has 0 unspecified atom stereocenters. The van der Waals surface area contributed by atoms with Gasteiger partial charge < -0.3 is 10.6 Å². The molecule has 4 rings (SSSR count). The summed E-state index contributed by atoms with van der Waals surface area (Å²) < 4.78 is 0. The number of aromatic nitrogens is 2. The second-order valence-electron chi connectivity index (χ2n) is 6.37. The average molecular weight is 338 g/mol. The van der Waals surface area contributed by atoms with E-state index in [0.29, 0.717) is 23.7 Å². The van der Waals surface area contributed by atoms with E-state index in [1.807, 2.05) is 18.7 Å². The summed E-state index contributed by atoms with van der Waals surface area (Å²) >= 11 is 1.33. The van der Waals surface area contributed by atoms with E-state index in [-0.39, 0.29) is 5.91 Å². The third-order valence-electron chi connectivity index (χ3n) is 4.70. The van der Waals surface area contributed by atoms with Gasteiger partial charge in [0.2, 0.25) is 0 Å². The molecule has 6 heteroatoms. The van der Waals surface area contributed by atoms with Gasteiger partial charge in [-0.15, -0.1) is 16.4 Å². The molecule has 0 radical (unpaired) electrons. The number of hydrogen-bond acceptors (Lipinski definition) is 5. The molecule has 0 saturated carbocycles. The van der Waals surface area contributed by atoms with E-state index in [0.717, 1.165) is 21.5 Å². The molecule has 5 nitrogen and oxygen atoms in total. The maximum Gasteiger partial charge on any atom is 0.266 e. The lowest BCUT2D eigenvalue weighted by atomic mass is 10.1. The molecule has 1 aromatic carbocycles. The number of rotatable bonds is 1. The predicted octanol–water partition coefficient (Wildman–Crippen LogP) is 3.35. The number of aryl methyl sites for hydroxylation is 3. The van der Waals surface area contributed by atoms with Crippen LogP contribution in [-0.2, 0) is 13.1 Å². The molecule has 1 amide bonds. The molecule has 122 valence electrons.